The summed E-state index contributed by atoms with van der Waals surface area (Å²) in [5.41, 5.74) is 0.378. The second-order valence-corrected chi connectivity index (χ2v) is 7.62. The van der Waals surface area contributed by atoms with Crippen LogP contribution < -0.4 is 0 Å². The topological polar surface area (TPSA) is 88.6 Å². The molecule has 29 heavy (non-hydrogen) atoms. The zero-order valence-electron chi connectivity index (χ0n) is 16.3. The van der Waals surface area contributed by atoms with Gasteiger partial charge in [0.25, 0.3) is 0 Å². The molecular weight excluding hydrogens is 379 g/mol. The number of nitrogens with one attached hydrogen (secondary N) is 1. The lowest BCUT2D eigenvalue weighted by Crippen LogP contribution is -2.31. The molecule has 0 saturated carbocycles. The predicted octanol–water partition coefficient (Wildman–Crippen LogP) is 5.33. The highest BCUT2D eigenvalue weighted by Crippen LogP contribution is 2.44. The van der Waals surface area contributed by atoms with E-state index in [2.05, 4.69) is 21.3 Å². The van der Waals surface area contributed by atoms with E-state index in [-0.39, 0.29) is 18.1 Å². The number of benzene rings is 1. The number of allylic oxidation sites excluding steroid dienone is 2. The van der Waals surface area contributed by atoms with Crippen molar-refractivity contribution in [1.29, 1.82) is 10.5 Å². The molecule has 0 amide bonds. The normalized spacial score (nSPS) is 20.0. The minimum atomic E-state index is -4.78. The van der Waals surface area contributed by atoms with Crippen molar-refractivity contribution in [2.45, 2.75) is 45.7 Å². The Kier molecular flexibility index (Phi) is 5.48. The van der Waals surface area contributed by atoms with Gasteiger partial charge in [-0.05, 0) is 43.4 Å². The third-order valence-electron chi connectivity index (χ3n) is 5.15. The second kappa shape index (κ2) is 7.71. The standard InChI is InChI=1S/C21H20F3N5/c1-11(2)4-6-17-15(9-25)19(16(10-26)20(27-17)21(22,23)24)13-5-7-18-14(8-13)12(3)28-29-18/h5,7-8,11,15,19H,4,6H2,1-3H3,(H,28,29). The van der Waals surface area contributed by atoms with Gasteiger partial charge < -0.3 is 0 Å². The summed E-state index contributed by atoms with van der Waals surface area (Å²) < 4.78 is 41.2. The zero-order chi connectivity index (χ0) is 21.3. The lowest BCUT2D eigenvalue weighted by atomic mass is 9.75. The number of aromatic amines is 1. The fourth-order valence-corrected chi connectivity index (χ4v) is 3.62. The fourth-order valence-electron chi connectivity index (χ4n) is 3.62. The maximum atomic E-state index is 13.7. The summed E-state index contributed by atoms with van der Waals surface area (Å²) in [5, 5.41) is 27.1. The highest BCUT2D eigenvalue weighted by molar-refractivity contribution is 5.93. The first-order chi connectivity index (χ1) is 13.7. The molecule has 1 N–H and O–H groups in total. The second-order valence-electron chi connectivity index (χ2n) is 7.62. The number of nitrogens with zero attached hydrogens (tertiary/aromatic N) is 4. The molecular formula is C21H20F3N5. The Morgan fingerprint density at radius 3 is 2.55 bits per heavy atom. The largest absolute Gasteiger partial charge is 0.434 e. The summed E-state index contributed by atoms with van der Waals surface area (Å²) in [6.07, 6.45) is -3.89. The molecule has 0 fully saturated rings. The number of alkyl halides is 3. The van der Waals surface area contributed by atoms with Gasteiger partial charge in [-0.2, -0.15) is 28.8 Å². The molecule has 2 unspecified atom stereocenters. The summed E-state index contributed by atoms with van der Waals surface area (Å²) in [6.45, 7) is 5.72. The highest BCUT2D eigenvalue weighted by atomic mass is 19.4. The zero-order valence-corrected chi connectivity index (χ0v) is 16.3. The van der Waals surface area contributed by atoms with E-state index in [1.165, 1.54) is 0 Å². The molecule has 2 heterocycles. The van der Waals surface area contributed by atoms with Crippen LogP contribution in [-0.4, -0.2) is 22.1 Å². The Balaban J connectivity index is 2.21. The number of aryl methyl sites for hydroxylation is 1. The molecule has 0 bridgehead atoms. The van der Waals surface area contributed by atoms with Crippen LogP contribution in [0.3, 0.4) is 0 Å². The Morgan fingerprint density at radius 2 is 1.97 bits per heavy atom. The minimum absolute atomic E-state index is 0.182. The first-order valence-corrected chi connectivity index (χ1v) is 9.30. The summed E-state index contributed by atoms with van der Waals surface area (Å²) in [6, 6.07) is 8.83. The SMILES string of the molecule is Cc1[nH]nc2ccc(C3C(C#N)=C(C(F)(F)F)N=C(CCC(C)C)C3C#N)cc12. The van der Waals surface area contributed by atoms with E-state index in [4.69, 9.17) is 0 Å². The van der Waals surface area contributed by atoms with Gasteiger partial charge in [0.1, 0.15) is 0 Å². The fraction of sp³-hybridized carbons (Fsp3) is 0.429. The maximum Gasteiger partial charge on any atom is 0.434 e. The van der Waals surface area contributed by atoms with Crippen LogP contribution in [-0.2, 0) is 0 Å². The lowest BCUT2D eigenvalue weighted by molar-refractivity contribution is -0.0935. The number of aliphatic imine (C=N–C) groups is 1. The van der Waals surface area contributed by atoms with Gasteiger partial charge in [-0.25, -0.2) is 0 Å². The number of H-pyrrole nitrogens is 1. The van der Waals surface area contributed by atoms with Crippen molar-refractivity contribution in [3.63, 3.8) is 0 Å². The molecule has 5 nitrogen and oxygen atoms in total. The molecule has 1 aliphatic heterocycles. The molecule has 1 aliphatic rings. The number of hydrogen-bond acceptors (Lipinski definition) is 4. The van der Waals surface area contributed by atoms with Crippen LogP contribution in [0.25, 0.3) is 10.9 Å². The van der Waals surface area contributed by atoms with Gasteiger partial charge in [0, 0.05) is 22.7 Å². The van der Waals surface area contributed by atoms with Crippen LogP contribution in [0.4, 0.5) is 13.2 Å². The number of fused-ring (bicyclic) bond motifs is 1. The predicted molar refractivity (Wildman–Crippen MR) is 103 cm³/mol. The molecule has 150 valence electrons. The van der Waals surface area contributed by atoms with Crippen LogP contribution in [0.5, 0.6) is 0 Å². The summed E-state index contributed by atoms with van der Waals surface area (Å²) in [5.74, 6) is -1.71. The highest BCUT2D eigenvalue weighted by Gasteiger charge is 2.45. The number of halogens is 3. The van der Waals surface area contributed by atoms with Crippen molar-refractivity contribution >= 4 is 16.6 Å². The maximum absolute atomic E-state index is 13.7. The molecule has 2 atom stereocenters. The van der Waals surface area contributed by atoms with Crippen LogP contribution in [0.1, 0.15) is 43.9 Å². The van der Waals surface area contributed by atoms with Crippen LogP contribution >= 0.6 is 0 Å². The first kappa shape index (κ1) is 20.6. The van der Waals surface area contributed by atoms with Crippen LogP contribution in [0.2, 0.25) is 0 Å². The van der Waals surface area contributed by atoms with E-state index in [9.17, 15) is 23.7 Å². The van der Waals surface area contributed by atoms with Crippen molar-refractivity contribution in [1.82, 2.24) is 10.2 Å². The van der Waals surface area contributed by atoms with Gasteiger partial charge in [-0.1, -0.05) is 19.9 Å². The van der Waals surface area contributed by atoms with Gasteiger partial charge in [-0.15, -0.1) is 0 Å². The van der Waals surface area contributed by atoms with Gasteiger partial charge >= 0.3 is 6.18 Å². The number of nitriles is 2. The van der Waals surface area contributed by atoms with Gasteiger partial charge in [0.2, 0.25) is 0 Å². The number of hydrogen-bond donors (Lipinski definition) is 1. The van der Waals surface area contributed by atoms with Crippen LogP contribution in [0, 0.1) is 41.4 Å². The van der Waals surface area contributed by atoms with Crippen LogP contribution in [0.15, 0.2) is 34.5 Å². The smallest absolute Gasteiger partial charge is 0.282 e. The Hall–Kier alpha value is -3.13. The van der Waals surface area contributed by atoms with Gasteiger partial charge in [0.15, 0.2) is 5.70 Å². The molecule has 2 aromatic rings. The van der Waals surface area contributed by atoms with E-state index in [1.807, 2.05) is 13.8 Å². The first-order valence-electron chi connectivity index (χ1n) is 9.30. The molecule has 8 heteroatoms. The number of aromatic nitrogens is 2. The van der Waals surface area contributed by atoms with Crippen molar-refractivity contribution in [2.75, 3.05) is 0 Å². The van der Waals surface area contributed by atoms with Crippen molar-refractivity contribution in [3.8, 4) is 12.1 Å². The molecule has 3 rings (SSSR count). The van der Waals surface area contributed by atoms with Crippen molar-refractivity contribution < 1.29 is 13.2 Å². The minimum Gasteiger partial charge on any atom is -0.282 e. The number of rotatable bonds is 4. The molecule has 0 saturated heterocycles. The average molecular weight is 399 g/mol. The van der Waals surface area contributed by atoms with Crippen molar-refractivity contribution in [2.24, 2.45) is 16.8 Å². The third-order valence-corrected chi connectivity index (χ3v) is 5.15. The lowest BCUT2D eigenvalue weighted by Gasteiger charge is -2.30. The molecule has 0 spiro atoms. The summed E-state index contributed by atoms with van der Waals surface area (Å²) in [7, 11) is 0. The Morgan fingerprint density at radius 1 is 1.24 bits per heavy atom. The Labute approximate surface area is 166 Å². The Bertz CT molecular complexity index is 1080. The van der Waals surface area contributed by atoms with Gasteiger partial charge in [0.05, 0.1) is 29.1 Å². The van der Waals surface area contributed by atoms with E-state index < -0.39 is 29.3 Å². The molecule has 1 aromatic carbocycles. The quantitative estimate of drug-likeness (QED) is 0.754. The summed E-state index contributed by atoms with van der Waals surface area (Å²) >= 11 is 0. The average Bonchev–Trinajstić information content (AvgIpc) is 3.04. The van der Waals surface area contributed by atoms with Gasteiger partial charge in [-0.3, -0.25) is 10.1 Å². The van der Waals surface area contributed by atoms with E-state index in [1.54, 1.807) is 31.2 Å². The molecule has 0 radical (unpaired) electrons. The monoisotopic (exact) mass is 399 g/mol. The summed E-state index contributed by atoms with van der Waals surface area (Å²) in [4.78, 5) is 3.78. The molecule has 0 aliphatic carbocycles. The third kappa shape index (κ3) is 3.88. The van der Waals surface area contributed by atoms with E-state index in [0.717, 1.165) is 11.1 Å². The molecule has 1 aromatic heterocycles. The van der Waals surface area contributed by atoms with Crippen molar-refractivity contribution in [3.05, 3.63) is 40.7 Å². The van der Waals surface area contributed by atoms with E-state index in [0.29, 0.717) is 17.5 Å². The van der Waals surface area contributed by atoms with E-state index >= 15 is 0 Å².